The van der Waals surface area contributed by atoms with E-state index in [2.05, 4.69) is 5.32 Å². The van der Waals surface area contributed by atoms with Gasteiger partial charge in [0.2, 0.25) is 5.91 Å². The zero-order valence-electron chi connectivity index (χ0n) is 11.4. The van der Waals surface area contributed by atoms with Gasteiger partial charge in [-0.25, -0.2) is 0 Å². The SMILES string of the molecule is COCCCCC(=O)NCCOCCOCOC. The number of nitrogens with one attached hydrogen (secondary N) is 1. The van der Waals surface area contributed by atoms with Gasteiger partial charge in [0.05, 0.1) is 19.8 Å². The average Bonchev–Trinajstić information content (AvgIpc) is 2.38. The predicted octanol–water partition coefficient (Wildman–Crippen LogP) is 0.556. The zero-order valence-corrected chi connectivity index (χ0v) is 11.4. The van der Waals surface area contributed by atoms with Crippen molar-refractivity contribution in [2.75, 3.05) is 54.0 Å². The molecule has 0 aromatic heterocycles. The Bertz CT molecular complexity index is 189. The first-order valence-electron chi connectivity index (χ1n) is 6.21. The number of rotatable bonds is 13. The van der Waals surface area contributed by atoms with Gasteiger partial charge in [-0.05, 0) is 12.8 Å². The van der Waals surface area contributed by atoms with Crippen LogP contribution in [0.15, 0.2) is 0 Å². The molecular weight excluding hydrogens is 238 g/mol. The van der Waals surface area contributed by atoms with Crippen molar-refractivity contribution >= 4 is 5.91 Å². The summed E-state index contributed by atoms with van der Waals surface area (Å²) < 4.78 is 19.9. The van der Waals surface area contributed by atoms with Crippen LogP contribution in [-0.4, -0.2) is 59.9 Å². The Morgan fingerprint density at radius 2 is 1.72 bits per heavy atom. The van der Waals surface area contributed by atoms with Crippen molar-refractivity contribution in [2.45, 2.75) is 19.3 Å². The lowest BCUT2D eigenvalue weighted by Gasteiger charge is -2.06. The van der Waals surface area contributed by atoms with Crippen LogP contribution >= 0.6 is 0 Å². The van der Waals surface area contributed by atoms with Crippen molar-refractivity contribution < 1.29 is 23.7 Å². The lowest BCUT2D eigenvalue weighted by atomic mass is 10.2. The molecule has 0 saturated carbocycles. The molecule has 0 bridgehead atoms. The molecule has 6 nitrogen and oxygen atoms in total. The molecule has 0 rings (SSSR count). The number of amides is 1. The fraction of sp³-hybridized carbons (Fsp3) is 0.917. The van der Waals surface area contributed by atoms with Gasteiger partial charge in [-0.3, -0.25) is 4.79 Å². The molecule has 1 N–H and O–H groups in total. The minimum absolute atomic E-state index is 0.0605. The Labute approximate surface area is 109 Å². The molecule has 0 saturated heterocycles. The standard InChI is InChI=1S/C12H25NO5/c1-15-7-4-3-5-12(14)13-6-8-17-9-10-18-11-16-2/h3-11H2,1-2H3,(H,13,14). The molecule has 0 radical (unpaired) electrons. The topological polar surface area (TPSA) is 66.0 Å². The molecule has 1 amide bonds. The highest BCUT2D eigenvalue weighted by Crippen LogP contribution is 1.94. The summed E-state index contributed by atoms with van der Waals surface area (Å²) in [5, 5.41) is 2.79. The molecule has 0 fully saturated rings. The summed E-state index contributed by atoms with van der Waals surface area (Å²) >= 11 is 0. The molecule has 0 heterocycles. The maximum Gasteiger partial charge on any atom is 0.220 e. The summed E-state index contributed by atoms with van der Waals surface area (Å²) in [5.74, 6) is 0.0605. The van der Waals surface area contributed by atoms with Crippen LogP contribution in [-0.2, 0) is 23.7 Å². The first-order chi connectivity index (χ1) is 8.81. The van der Waals surface area contributed by atoms with E-state index in [-0.39, 0.29) is 12.7 Å². The zero-order chi connectivity index (χ0) is 13.5. The smallest absolute Gasteiger partial charge is 0.220 e. The fourth-order valence-corrected chi connectivity index (χ4v) is 1.25. The number of unbranched alkanes of at least 4 members (excludes halogenated alkanes) is 1. The number of ether oxygens (including phenoxy) is 4. The molecule has 6 heteroatoms. The quantitative estimate of drug-likeness (QED) is 0.388. The van der Waals surface area contributed by atoms with Gasteiger partial charge < -0.3 is 24.3 Å². The minimum atomic E-state index is 0.0605. The third kappa shape index (κ3) is 13.4. The fourth-order valence-electron chi connectivity index (χ4n) is 1.25. The highest BCUT2D eigenvalue weighted by molar-refractivity contribution is 5.75. The van der Waals surface area contributed by atoms with Crippen LogP contribution in [0.2, 0.25) is 0 Å². The largest absolute Gasteiger partial charge is 0.385 e. The van der Waals surface area contributed by atoms with E-state index in [0.29, 0.717) is 39.4 Å². The van der Waals surface area contributed by atoms with Crippen molar-refractivity contribution in [2.24, 2.45) is 0 Å². The van der Waals surface area contributed by atoms with Crippen molar-refractivity contribution in [3.05, 3.63) is 0 Å². The molecular formula is C12H25NO5. The normalized spacial score (nSPS) is 10.6. The molecule has 0 spiro atoms. The first-order valence-corrected chi connectivity index (χ1v) is 6.21. The molecule has 0 aromatic carbocycles. The molecule has 0 aliphatic carbocycles. The summed E-state index contributed by atoms with van der Waals surface area (Å²) in [6.45, 7) is 3.03. The second-order valence-corrected chi connectivity index (χ2v) is 3.73. The molecule has 18 heavy (non-hydrogen) atoms. The summed E-state index contributed by atoms with van der Waals surface area (Å²) in [6.07, 6.45) is 2.31. The monoisotopic (exact) mass is 263 g/mol. The van der Waals surface area contributed by atoms with Crippen LogP contribution in [0.4, 0.5) is 0 Å². The van der Waals surface area contributed by atoms with Crippen LogP contribution in [0.1, 0.15) is 19.3 Å². The van der Waals surface area contributed by atoms with Gasteiger partial charge in [0.1, 0.15) is 6.79 Å². The molecule has 0 atom stereocenters. The molecule has 0 aliphatic heterocycles. The van der Waals surface area contributed by atoms with Gasteiger partial charge in [-0.1, -0.05) is 0 Å². The number of hydrogen-bond acceptors (Lipinski definition) is 5. The maximum atomic E-state index is 11.3. The van der Waals surface area contributed by atoms with Gasteiger partial charge in [0.15, 0.2) is 0 Å². The molecule has 0 unspecified atom stereocenters. The van der Waals surface area contributed by atoms with Crippen molar-refractivity contribution in [1.82, 2.24) is 5.32 Å². The van der Waals surface area contributed by atoms with E-state index in [4.69, 9.17) is 18.9 Å². The first kappa shape index (κ1) is 17.3. The molecule has 0 aromatic rings. The second kappa shape index (κ2) is 14.4. The minimum Gasteiger partial charge on any atom is -0.385 e. The van der Waals surface area contributed by atoms with Crippen LogP contribution in [0.3, 0.4) is 0 Å². The van der Waals surface area contributed by atoms with Crippen LogP contribution < -0.4 is 5.32 Å². The number of methoxy groups -OCH3 is 2. The molecule has 0 aliphatic rings. The highest BCUT2D eigenvalue weighted by atomic mass is 16.7. The van der Waals surface area contributed by atoms with Crippen molar-refractivity contribution in [3.8, 4) is 0 Å². The Hall–Kier alpha value is -0.690. The lowest BCUT2D eigenvalue weighted by Crippen LogP contribution is -2.27. The number of carbonyl (C=O) groups excluding carboxylic acids is 1. The van der Waals surface area contributed by atoms with E-state index in [9.17, 15) is 4.79 Å². The van der Waals surface area contributed by atoms with Crippen LogP contribution in [0, 0.1) is 0 Å². The summed E-state index contributed by atoms with van der Waals surface area (Å²) in [7, 11) is 3.23. The summed E-state index contributed by atoms with van der Waals surface area (Å²) in [6, 6.07) is 0. The van der Waals surface area contributed by atoms with Crippen LogP contribution in [0.25, 0.3) is 0 Å². The Morgan fingerprint density at radius 1 is 0.944 bits per heavy atom. The Balaban J connectivity index is 3.10. The van der Waals surface area contributed by atoms with E-state index in [1.165, 1.54) is 0 Å². The van der Waals surface area contributed by atoms with E-state index >= 15 is 0 Å². The maximum absolute atomic E-state index is 11.3. The lowest BCUT2D eigenvalue weighted by molar-refractivity contribution is -0.121. The van der Waals surface area contributed by atoms with Gasteiger partial charge in [0, 0.05) is 33.8 Å². The van der Waals surface area contributed by atoms with E-state index < -0.39 is 0 Å². The summed E-state index contributed by atoms with van der Waals surface area (Å²) in [5.41, 5.74) is 0. The highest BCUT2D eigenvalue weighted by Gasteiger charge is 1.99. The van der Waals surface area contributed by atoms with Crippen molar-refractivity contribution in [3.63, 3.8) is 0 Å². The number of hydrogen-bond donors (Lipinski definition) is 1. The van der Waals surface area contributed by atoms with Gasteiger partial charge in [0.25, 0.3) is 0 Å². The third-order valence-electron chi connectivity index (χ3n) is 2.14. The molecule has 108 valence electrons. The van der Waals surface area contributed by atoms with Crippen LogP contribution in [0.5, 0.6) is 0 Å². The third-order valence-corrected chi connectivity index (χ3v) is 2.14. The van der Waals surface area contributed by atoms with E-state index in [0.717, 1.165) is 12.8 Å². The average molecular weight is 263 g/mol. The second-order valence-electron chi connectivity index (χ2n) is 3.73. The van der Waals surface area contributed by atoms with Crippen molar-refractivity contribution in [1.29, 1.82) is 0 Å². The van der Waals surface area contributed by atoms with E-state index in [1.807, 2.05) is 0 Å². The van der Waals surface area contributed by atoms with Gasteiger partial charge in [-0.15, -0.1) is 0 Å². The predicted molar refractivity (Wildman–Crippen MR) is 67.4 cm³/mol. The Morgan fingerprint density at radius 3 is 2.44 bits per heavy atom. The van der Waals surface area contributed by atoms with Gasteiger partial charge in [-0.2, -0.15) is 0 Å². The van der Waals surface area contributed by atoms with E-state index in [1.54, 1.807) is 14.2 Å². The Kier molecular flexibility index (Phi) is 13.8. The van der Waals surface area contributed by atoms with Gasteiger partial charge >= 0.3 is 0 Å². The summed E-state index contributed by atoms with van der Waals surface area (Å²) in [4.78, 5) is 11.3. The number of carbonyl (C=O) groups is 1.